The summed E-state index contributed by atoms with van der Waals surface area (Å²) in [6, 6.07) is 11.0. The van der Waals surface area contributed by atoms with Crippen LogP contribution in [0.3, 0.4) is 0 Å². The fourth-order valence-corrected chi connectivity index (χ4v) is 1.66. The average Bonchev–Trinajstić information content (AvgIpc) is 2.41. The number of ether oxygens (including phenoxy) is 1. The molecule has 4 heteroatoms. The predicted molar refractivity (Wildman–Crippen MR) is 72.8 cm³/mol. The largest absolute Gasteiger partial charge is 0.439 e. The molecule has 0 unspecified atom stereocenters. The maximum atomic E-state index is 8.90. The minimum Gasteiger partial charge on any atom is -0.439 e. The molecule has 0 aliphatic rings. The minimum absolute atomic E-state index is 0.0723. The Morgan fingerprint density at radius 2 is 2.11 bits per heavy atom. The first-order valence-corrected chi connectivity index (χ1v) is 6.00. The molecule has 0 amide bonds. The van der Waals surface area contributed by atoms with Gasteiger partial charge in [0, 0.05) is 18.3 Å². The third-order valence-electron chi connectivity index (χ3n) is 2.82. The molecule has 0 spiro atoms. The molecule has 0 aliphatic carbocycles. The Kier molecular flexibility index (Phi) is 3.79. The van der Waals surface area contributed by atoms with Crippen LogP contribution in [0.15, 0.2) is 36.5 Å². The van der Waals surface area contributed by atoms with E-state index in [0.29, 0.717) is 17.2 Å². The maximum absolute atomic E-state index is 8.90. The number of nitrogens with zero attached hydrogens (tertiary/aromatic N) is 2. The number of aryl methyl sites for hydroxylation is 1. The molecule has 1 aromatic carbocycles. The van der Waals surface area contributed by atoms with E-state index >= 15 is 0 Å². The van der Waals surface area contributed by atoms with Gasteiger partial charge in [0.05, 0.1) is 11.6 Å². The van der Waals surface area contributed by atoms with Crippen LogP contribution < -0.4 is 10.5 Å². The van der Waals surface area contributed by atoms with Gasteiger partial charge in [-0.1, -0.05) is 6.07 Å². The lowest BCUT2D eigenvalue weighted by atomic mass is 10.1. The summed E-state index contributed by atoms with van der Waals surface area (Å²) in [5, 5.41) is 8.90. The summed E-state index contributed by atoms with van der Waals surface area (Å²) < 4.78 is 5.72. The van der Waals surface area contributed by atoms with Gasteiger partial charge in [-0.25, -0.2) is 4.98 Å². The van der Waals surface area contributed by atoms with Crippen LogP contribution in [0, 0.1) is 18.3 Å². The maximum Gasteiger partial charge on any atom is 0.219 e. The molecule has 1 heterocycles. The Labute approximate surface area is 112 Å². The Morgan fingerprint density at radius 3 is 2.79 bits per heavy atom. The van der Waals surface area contributed by atoms with Crippen molar-refractivity contribution in [1.82, 2.24) is 4.98 Å². The molecule has 2 aromatic rings. The normalized spacial score (nSPS) is 11.7. The summed E-state index contributed by atoms with van der Waals surface area (Å²) in [6.07, 6.45) is 1.66. The molecule has 2 N–H and O–H groups in total. The quantitative estimate of drug-likeness (QED) is 0.912. The van der Waals surface area contributed by atoms with E-state index in [1.165, 1.54) is 0 Å². The molecule has 0 bridgehead atoms. The van der Waals surface area contributed by atoms with Gasteiger partial charge >= 0.3 is 0 Å². The van der Waals surface area contributed by atoms with E-state index in [0.717, 1.165) is 11.1 Å². The third-order valence-corrected chi connectivity index (χ3v) is 2.82. The molecular formula is C15H15N3O. The number of benzene rings is 1. The van der Waals surface area contributed by atoms with Crippen molar-refractivity contribution in [3.63, 3.8) is 0 Å². The number of pyridine rings is 1. The lowest BCUT2D eigenvalue weighted by Gasteiger charge is -2.10. The van der Waals surface area contributed by atoms with Crippen LogP contribution in [0.4, 0.5) is 0 Å². The predicted octanol–water partition coefficient (Wildman–Crippen LogP) is 3.07. The second-order valence-electron chi connectivity index (χ2n) is 4.41. The summed E-state index contributed by atoms with van der Waals surface area (Å²) in [5.74, 6) is 1.11. The Hall–Kier alpha value is -2.38. The molecular weight excluding hydrogens is 238 g/mol. The van der Waals surface area contributed by atoms with Crippen molar-refractivity contribution in [2.24, 2.45) is 5.73 Å². The zero-order valence-electron chi connectivity index (χ0n) is 10.9. The van der Waals surface area contributed by atoms with Crippen molar-refractivity contribution in [3.8, 4) is 17.7 Å². The first-order chi connectivity index (χ1) is 9.10. The summed E-state index contributed by atoms with van der Waals surface area (Å²) in [6.45, 7) is 3.83. The highest BCUT2D eigenvalue weighted by molar-refractivity contribution is 5.43. The number of nitrogens with two attached hydrogens (primary N) is 1. The van der Waals surface area contributed by atoms with E-state index in [2.05, 4.69) is 11.1 Å². The number of aromatic nitrogens is 1. The molecule has 0 saturated carbocycles. The Morgan fingerprint density at radius 1 is 1.32 bits per heavy atom. The molecule has 0 radical (unpaired) electrons. The molecule has 0 fully saturated rings. The fourth-order valence-electron chi connectivity index (χ4n) is 1.66. The lowest BCUT2D eigenvalue weighted by Crippen LogP contribution is -2.05. The van der Waals surface area contributed by atoms with Crippen molar-refractivity contribution in [2.75, 3.05) is 0 Å². The molecule has 2 rings (SSSR count). The van der Waals surface area contributed by atoms with E-state index in [-0.39, 0.29) is 6.04 Å². The highest BCUT2D eigenvalue weighted by Gasteiger charge is 2.06. The second kappa shape index (κ2) is 5.51. The summed E-state index contributed by atoms with van der Waals surface area (Å²) in [4.78, 5) is 4.15. The van der Waals surface area contributed by atoms with Crippen LogP contribution in [0.25, 0.3) is 0 Å². The van der Waals surface area contributed by atoms with Gasteiger partial charge in [0.2, 0.25) is 5.88 Å². The van der Waals surface area contributed by atoms with Gasteiger partial charge in [0.1, 0.15) is 5.75 Å². The van der Waals surface area contributed by atoms with Crippen molar-refractivity contribution >= 4 is 0 Å². The van der Waals surface area contributed by atoms with Gasteiger partial charge in [0.25, 0.3) is 0 Å². The van der Waals surface area contributed by atoms with Crippen molar-refractivity contribution in [3.05, 3.63) is 53.2 Å². The van der Waals surface area contributed by atoms with E-state index in [4.69, 9.17) is 15.7 Å². The first kappa shape index (κ1) is 13.1. The van der Waals surface area contributed by atoms with E-state index in [9.17, 15) is 0 Å². The van der Waals surface area contributed by atoms with E-state index in [1.807, 2.05) is 32.0 Å². The number of nitriles is 1. The van der Waals surface area contributed by atoms with Crippen molar-refractivity contribution in [2.45, 2.75) is 19.9 Å². The molecule has 1 aromatic heterocycles. The average molecular weight is 253 g/mol. The van der Waals surface area contributed by atoms with Gasteiger partial charge in [-0.3, -0.25) is 0 Å². The van der Waals surface area contributed by atoms with E-state index in [1.54, 1.807) is 18.3 Å². The van der Waals surface area contributed by atoms with Gasteiger partial charge in [-0.05, 0) is 43.2 Å². The molecule has 19 heavy (non-hydrogen) atoms. The SMILES string of the molecule is Cc1ccc(C#N)cc1Oc1cc([C@H](C)N)ccn1. The Balaban J connectivity index is 2.31. The highest BCUT2D eigenvalue weighted by Crippen LogP contribution is 2.25. The zero-order valence-corrected chi connectivity index (χ0v) is 10.9. The van der Waals surface area contributed by atoms with Crippen LogP contribution in [-0.2, 0) is 0 Å². The smallest absolute Gasteiger partial charge is 0.219 e. The first-order valence-electron chi connectivity index (χ1n) is 6.00. The minimum atomic E-state index is -0.0723. The second-order valence-corrected chi connectivity index (χ2v) is 4.41. The van der Waals surface area contributed by atoms with Crippen LogP contribution in [0.5, 0.6) is 11.6 Å². The standard InChI is InChI=1S/C15H15N3O/c1-10-3-4-12(9-16)7-14(10)19-15-8-13(11(2)17)5-6-18-15/h3-8,11H,17H2,1-2H3/t11-/m0/s1. The third kappa shape index (κ3) is 3.09. The van der Waals surface area contributed by atoms with Gasteiger partial charge in [0.15, 0.2) is 0 Å². The summed E-state index contributed by atoms with van der Waals surface area (Å²) in [7, 11) is 0. The summed E-state index contributed by atoms with van der Waals surface area (Å²) in [5.41, 5.74) is 8.29. The molecule has 0 aliphatic heterocycles. The van der Waals surface area contributed by atoms with Crippen molar-refractivity contribution in [1.29, 1.82) is 5.26 Å². The van der Waals surface area contributed by atoms with E-state index < -0.39 is 0 Å². The van der Waals surface area contributed by atoms with Gasteiger partial charge in [-0.15, -0.1) is 0 Å². The van der Waals surface area contributed by atoms with Crippen LogP contribution >= 0.6 is 0 Å². The number of rotatable bonds is 3. The summed E-state index contributed by atoms with van der Waals surface area (Å²) >= 11 is 0. The van der Waals surface area contributed by atoms with Crippen molar-refractivity contribution < 1.29 is 4.74 Å². The Bertz CT molecular complexity index is 630. The molecule has 4 nitrogen and oxygen atoms in total. The zero-order chi connectivity index (χ0) is 13.8. The number of hydrogen-bond acceptors (Lipinski definition) is 4. The molecule has 1 atom stereocenters. The monoisotopic (exact) mass is 253 g/mol. The van der Waals surface area contributed by atoms with Crippen LogP contribution in [-0.4, -0.2) is 4.98 Å². The molecule has 96 valence electrons. The van der Waals surface area contributed by atoms with Gasteiger partial charge in [-0.2, -0.15) is 5.26 Å². The molecule has 0 saturated heterocycles. The van der Waals surface area contributed by atoms with Crippen LogP contribution in [0.2, 0.25) is 0 Å². The number of hydrogen-bond donors (Lipinski definition) is 1. The fraction of sp³-hybridized carbons (Fsp3) is 0.200. The van der Waals surface area contributed by atoms with Crippen LogP contribution in [0.1, 0.15) is 29.7 Å². The highest BCUT2D eigenvalue weighted by atomic mass is 16.5. The topological polar surface area (TPSA) is 71.9 Å². The van der Waals surface area contributed by atoms with Gasteiger partial charge < -0.3 is 10.5 Å². The lowest BCUT2D eigenvalue weighted by molar-refractivity contribution is 0.458.